The van der Waals surface area contributed by atoms with E-state index >= 15 is 0 Å². The summed E-state index contributed by atoms with van der Waals surface area (Å²) in [7, 11) is 1.90. The fourth-order valence-corrected chi connectivity index (χ4v) is 4.07. The maximum atomic E-state index is 12.8. The molecule has 0 spiro atoms. The van der Waals surface area contributed by atoms with Crippen molar-refractivity contribution in [1.29, 1.82) is 0 Å². The molecule has 3 aromatic rings. The molecular weight excluding hydrogens is 376 g/mol. The number of carbonyl (C=O) groups is 2. The van der Waals surface area contributed by atoms with E-state index in [0.29, 0.717) is 19.0 Å². The number of benzene rings is 2. The molecule has 2 amide bonds. The topological polar surface area (TPSA) is 67.2 Å². The number of hydrogen-bond acceptors (Lipinski definition) is 3. The number of nitrogens with one attached hydrogen (secondary N) is 1. The van der Waals surface area contributed by atoms with E-state index in [-0.39, 0.29) is 24.2 Å². The van der Waals surface area contributed by atoms with Crippen LogP contribution in [0.25, 0.3) is 10.9 Å². The zero-order valence-electron chi connectivity index (χ0n) is 18.0. The number of hydrogen-bond donors (Lipinski definition) is 1. The predicted molar refractivity (Wildman–Crippen MR) is 118 cm³/mol. The van der Waals surface area contributed by atoms with Gasteiger partial charge in [0, 0.05) is 31.1 Å². The quantitative estimate of drug-likeness (QED) is 0.705. The van der Waals surface area contributed by atoms with Crippen molar-refractivity contribution >= 4 is 28.4 Å². The molecule has 1 N–H and O–H groups in total. The molecule has 2 heterocycles. The van der Waals surface area contributed by atoms with E-state index in [2.05, 4.69) is 48.5 Å². The molecule has 1 aliphatic rings. The van der Waals surface area contributed by atoms with Crippen LogP contribution >= 0.6 is 0 Å². The number of fused-ring (bicyclic) bond motifs is 1. The number of nitrogens with zero attached hydrogens (tertiary/aromatic N) is 3. The monoisotopic (exact) mass is 404 g/mol. The van der Waals surface area contributed by atoms with E-state index in [4.69, 9.17) is 0 Å². The van der Waals surface area contributed by atoms with Crippen LogP contribution in [0.4, 0.5) is 5.69 Å². The van der Waals surface area contributed by atoms with Crippen LogP contribution in [-0.2, 0) is 23.2 Å². The lowest BCUT2D eigenvalue weighted by Gasteiger charge is -2.17. The van der Waals surface area contributed by atoms with Crippen molar-refractivity contribution in [2.75, 3.05) is 11.4 Å². The fraction of sp³-hybridized carbons (Fsp3) is 0.375. The van der Waals surface area contributed by atoms with Gasteiger partial charge in [-0.05, 0) is 42.7 Å². The molecule has 1 aliphatic heterocycles. The van der Waals surface area contributed by atoms with Crippen molar-refractivity contribution in [1.82, 2.24) is 15.1 Å². The Kier molecular flexibility index (Phi) is 5.33. The van der Waals surface area contributed by atoms with Gasteiger partial charge in [-0.2, -0.15) is 5.10 Å². The Balaban J connectivity index is 1.42. The second-order valence-corrected chi connectivity index (χ2v) is 8.46. The Hall–Kier alpha value is -3.15. The van der Waals surface area contributed by atoms with E-state index in [9.17, 15) is 9.59 Å². The van der Waals surface area contributed by atoms with Crippen molar-refractivity contribution < 1.29 is 9.59 Å². The largest absolute Gasteiger partial charge is 0.350 e. The number of rotatable bonds is 5. The first-order chi connectivity index (χ1) is 14.3. The number of carbonyl (C=O) groups excluding carboxylic acids is 2. The average Bonchev–Trinajstić information content (AvgIpc) is 3.26. The Morgan fingerprint density at radius 3 is 2.63 bits per heavy atom. The molecule has 0 aliphatic carbocycles. The molecule has 2 aromatic carbocycles. The molecule has 1 atom stereocenters. The minimum absolute atomic E-state index is 0.00800. The summed E-state index contributed by atoms with van der Waals surface area (Å²) in [6, 6.07) is 14.2. The van der Waals surface area contributed by atoms with Gasteiger partial charge in [0.1, 0.15) is 0 Å². The number of aryl methyl sites for hydroxylation is 2. The normalized spacial score (nSPS) is 16.6. The van der Waals surface area contributed by atoms with E-state index in [0.717, 1.165) is 27.8 Å². The summed E-state index contributed by atoms with van der Waals surface area (Å²) in [5.74, 6) is -0.0141. The molecule has 1 fully saturated rings. The third-order valence-electron chi connectivity index (χ3n) is 5.88. The predicted octanol–water partition coefficient (Wildman–Crippen LogP) is 3.67. The molecule has 0 saturated carbocycles. The minimum Gasteiger partial charge on any atom is -0.350 e. The van der Waals surface area contributed by atoms with Gasteiger partial charge in [-0.1, -0.05) is 37.6 Å². The Labute approximate surface area is 176 Å². The number of amides is 2. The van der Waals surface area contributed by atoms with Crippen LogP contribution in [-0.4, -0.2) is 28.1 Å². The number of aromatic nitrogens is 2. The highest BCUT2D eigenvalue weighted by molar-refractivity contribution is 6.00. The SMILES string of the molecule is Cc1ccc2c(c1)c(CNC(=O)C1CC(=O)N(c3ccc(C(C)C)cc3)C1)nn2C. The highest BCUT2D eigenvalue weighted by atomic mass is 16.2. The zero-order chi connectivity index (χ0) is 21.4. The van der Waals surface area contributed by atoms with E-state index in [1.165, 1.54) is 5.56 Å². The second-order valence-electron chi connectivity index (χ2n) is 8.46. The standard InChI is InChI=1S/C24H28N4O2/c1-15(2)17-6-8-19(9-7-17)28-14-18(12-23(28)29)24(30)25-13-21-20-11-16(3)5-10-22(20)27(4)26-21/h5-11,15,18H,12-14H2,1-4H3,(H,25,30). The van der Waals surface area contributed by atoms with Crippen LogP contribution in [0.2, 0.25) is 0 Å². The summed E-state index contributed by atoms with van der Waals surface area (Å²) in [6.07, 6.45) is 0.236. The van der Waals surface area contributed by atoms with Crippen molar-refractivity contribution in [3.8, 4) is 0 Å². The summed E-state index contributed by atoms with van der Waals surface area (Å²) in [5, 5.41) is 8.59. The molecule has 0 radical (unpaired) electrons. The third kappa shape index (κ3) is 3.82. The first kappa shape index (κ1) is 20.1. The molecule has 6 heteroatoms. The first-order valence-electron chi connectivity index (χ1n) is 10.4. The summed E-state index contributed by atoms with van der Waals surface area (Å²) in [5.41, 5.74) is 5.12. The molecule has 156 valence electrons. The summed E-state index contributed by atoms with van der Waals surface area (Å²) in [4.78, 5) is 27.0. The van der Waals surface area contributed by atoms with Gasteiger partial charge in [0.05, 0.1) is 23.7 Å². The van der Waals surface area contributed by atoms with E-state index in [1.54, 1.807) is 4.90 Å². The van der Waals surface area contributed by atoms with Gasteiger partial charge in [-0.3, -0.25) is 14.3 Å². The van der Waals surface area contributed by atoms with E-state index in [1.807, 2.05) is 36.9 Å². The lowest BCUT2D eigenvalue weighted by Crippen LogP contribution is -2.32. The Morgan fingerprint density at radius 2 is 1.93 bits per heavy atom. The molecule has 4 rings (SSSR count). The highest BCUT2D eigenvalue weighted by Gasteiger charge is 2.35. The first-order valence-corrected chi connectivity index (χ1v) is 10.4. The molecule has 1 saturated heterocycles. The van der Waals surface area contributed by atoms with Crippen LogP contribution in [0.15, 0.2) is 42.5 Å². The van der Waals surface area contributed by atoms with Gasteiger partial charge in [-0.25, -0.2) is 0 Å². The van der Waals surface area contributed by atoms with E-state index < -0.39 is 0 Å². The smallest absolute Gasteiger partial charge is 0.227 e. The summed E-state index contributed by atoms with van der Waals surface area (Å²) in [6.45, 7) is 7.09. The summed E-state index contributed by atoms with van der Waals surface area (Å²) >= 11 is 0. The van der Waals surface area contributed by atoms with Gasteiger partial charge in [0.15, 0.2) is 0 Å². The Bertz CT molecular complexity index is 1100. The van der Waals surface area contributed by atoms with Crippen molar-refractivity contribution in [3.63, 3.8) is 0 Å². The molecule has 30 heavy (non-hydrogen) atoms. The van der Waals surface area contributed by atoms with Crippen LogP contribution in [0, 0.1) is 12.8 Å². The summed E-state index contributed by atoms with van der Waals surface area (Å²) < 4.78 is 1.83. The van der Waals surface area contributed by atoms with Crippen molar-refractivity contribution in [2.24, 2.45) is 13.0 Å². The maximum absolute atomic E-state index is 12.8. The molecule has 6 nitrogen and oxygen atoms in total. The van der Waals surface area contributed by atoms with Crippen molar-refractivity contribution in [3.05, 3.63) is 59.3 Å². The van der Waals surface area contributed by atoms with Gasteiger partial charge in [0.2, 0.25) is 11.8 Å². The molecular formula is C24H28N4O2. The zero-order valence-corrected chi connectivity index (χ0v) is 18.0. The van der Waals surface area contributed by atoms with Crippen molar-refractivity contribution in [2.45, 2.75) is 39.7 Å². The third-order valence-corrected chi connectivity index (χ3v) is 5.88. The van der Waals surface area contributed by atoms with Gasteiger partial charge < -0.3 is 10.2 Å². The second kappa shape index (κ2) is 7.94. The maximum Gasteiger partial charge on any atom is 0.227 e. The molecule has 1 aromatic heterocycles. The number of anilines is 1. The molecule has 0 bridgehead atoms. The fourth-order valence-electron chi connectivity index (χ4n) is 4.07. The van der Waals surface area contributed by atoms with Gasteiger partial charge in [0.25, 0.3) is 0 Å². The van der Waals surface area contributed by atoms with Crippen LogP contribution in [0.5, 0.6) is 0 Å². The minimum atomic E-state index is -0.348. The van der Waals surface area contributed by atoms with Crippen LogP contribution in [0.3, 0.4) is 0 Å². The Morgan fingerprint density at radius 1 is 1.20 bits per heavy atom. The lowest BCUT2D eigenvalue weighted by atomic mass is 10.0. The highest BCUT2D eigenvalue weighted by Crippen LogP contribution is 2.27. The van der Waals surface area contributed by atoms with Crippen LogP contribution in [0.1, 0.15) is 43.0 Å². The average molecular weight is 405 g/mol. The lowest BCUT2D eigenvalue weighted by molar-refractivity contribution is -0.126. The molecule has 1 unspecified atom stereocenters. The van der Waals surface area contributed by atoms with Crippen LogP contribution < -0.4 is 10.2 Å². The van der Waals surface area contributed by atoms with Gasteiger partial charge in [-0.15, -0.1) is 0 Å². The van der Waals surface area contributed by atoms with Gasteiger partial charge >= 0.3 is 0 Å².